The maximum atomic E-state index is 10.7. The Kier molecular flexibility index (Phi) is 3.96. The lowest BCUT2D eigenvalue weighted by atomic mass is 10.1. The smallest absolute Gasteiger partial charge is 0.151 e. The van der Waals surface area contributed by atoms with Crippen molar-refractivity contribution in [2.45, 2.75) is 6.92 Å². The van der Waals surface area contributed by atoms with Crippen molar-refractivity contribution in [2.75, 3.05) is 6.54 Å². The molecule has 0 aliphatic heterocycles. The van der Waals surface area contributed by atoms with Crippen molar-refractivity contribution in [1.82, 2.24) is 0 Å². The van der Waals surface area contributed by atoms with Crippen LogP contribution in [0.5, 0.6) is 0 Å². The molecule has 0 spiro atoms. The fourth-order valence-electron chi connectivity index (χ4n) is 1.10. The second-order valence-electron chi connectivity index (χ2n) is 2.90. The van der Waals surface area contributed by atoms with Crippen molar-refractivity contribution in [3.8, 4) is 11.8 Å². The minimum absolute atomic E-state index is 0.114. The highest BCUT2D eigenvalue weighted by Gasteiger charge is 1.97. The highest BCUT2D eigenvalue weighted by atomic mass is 16.1. The fraction of sp³-hybridized carbons (Fsp3) is 0.182. The summed E-state index contributed by atoms with van der Waals surface area (Å²) in [5.41, 5.74) is 10.3. The summed E-state index contributed by atoms with van der Waals surface area (Å²) in [4.78, 5) is 13.3. The first kappa shape index (κ1) is 10.8. The Labute approximate surface area is 87.6 Å². The number of hydrogen-bond acceptors (Lipinski definition) is 2. The number of hydrogen-bond donors (Lipinski definition) is 0. The molecule has 1 rings (SSSR count). The van der Waals surface area contributed by atoms with Gasteiger partial charge in [0.15, 0.2) is 6.29 Å². The van der Waals surface area contributed by atoms with Crippen molar-refractivity contribution in [3.63, 3.8) is 0 Å². The van der Waals surface area contributed by atoms with Crippen LogP contribution in [0.2, 0.25) is 0 Å². The number of carbonyl (C=O) groups is 1. The predicted octanol–water partition coefficient (Wildman–Crippen LogP) is 2.47. The van der Waals surface area contributed by atoms with E-state index >= 15 is 0 Å². The Morgan fingerprint density at radius 2 is 2.40 bits per heavy atom. The van der Waals surface area contributed by atoms with Gasteiger partial charge in [0.05, 0.1) is 6.54 Å². The molecule has 0 aromatic heterocycles. The number of carbonyl (C=O) groups excluding carboxylic acids is 1. The zero-order valence-corrected chi connectivity index (χ0v) is 8.27. The summed E-state index contributed by atoms with van der Waals surface area (Å²) >= 11 is 0. The summed E-state index contributed by atoms with van der Waals surface area (Å²) in [6.45, 7) is 2.02. The Hall–Kier alpha value is -2.24. The molecule has 0 bridgehead atoms. The van der Waals surface area contributed by atoms with E-state index in [1.54, 1.807) is 12.1 Å². The molecule has 1 aromatic rings. The van der Waals surface area contributed by atoms with Crippen LogP contribution in [0.15, 0.2) is 23.3 Å². The molecule has 0 N–H and O–H groups in total. The quantitative estimate of drug-likeness (QED) is 0.237. The average Bonchev–Trinajstić information content (AvgIpc) is 2.26. The Balaban J connectivity index is 2.96. The fourth-order valence-corrected chi connectivity index (χ4v) is 1.10. The Morgan fingerprint density at radius 1 is 1.60 bits per heavy atom. The minimum atomic E-state index is 0.114. The van der Waals surface area contributed by atoms with Gasteiger partial charge in [-0.05, 0) is 24.6 Å². The van der Waals surface area contributed by atoms with Crippen molar-refractivity contribution in [2.24, 2.45) is 5.11 Å². The van der Waals surface area contributed by atoms with Crippen LogP contribution in [0.3, 0.4) is 0 Å². The van der Waals surface area contributed by atoms with Gasteiger partial charge < -0.3 is 0 Å². The lowest BCUT2D eigenvalue weighted by Gasteiger charge is -1.97. The van der Waals surface area contributed by atoms with Crippen LogP contribution < -0.4 is 0 Å². The van der Waals surface area contributed by atoms with Crippen LogP contribution in [-0.4, -0.2) is 12.8 Å². The highest BCUT2D eigenvalue weighted by molar-refractivity contribution is 5.79. The number of rotatable bonds is 2. The van der Waals surface area contributed by atoms with Crippen LogP contribution >= 0.6 is 0 Å². The standard InChI is InChI=1S/C11H9N3O/c1-9-4-5-10(11(7-9)8-15)3-2-6-13-14-12/h4-5,7-8H,6H2,1H3. The molecule has 4 heteroatoms. The first-order valence-corrected chi connectivity index (χ1v) is 4.33. The molecular weight excluding hydrogens is 190 g/mol. The van der Waals surface area contributed by atoms with Crippen LogP contribution in [0.1, 0.15) is 21.5 Å². The van der Waals surface area contributed by atoms with E-state index in [4.69, 9.17) is 5.53 Å². The van der Waals surface area contributed by atoms with Gasteiger partial charge in [0.25, 0.3) is 0 Å². The molecule has 0 fully saturated rings. The summed E-state index contributed by atoms with van der Waals surface area (Å²) in [5, 5.41) is 3.28. The van der Waals surface area contributed by atoms with E-state index < -0.39 is 0 Å². The number of benzene rings is 1. The van der Waals surface area contributed by atoms with E-state index in [0.29, 0.717) is 11.1 Å². The molecule has 0 saturated heterocycles. The topological polar surface area (TPSA) is 65.8 Å². The molecule has 0 heterocycles. The van der Waals surface area contributed by atoms with Crippen LogP contribution in [-0.2, 0) is 0 Å². The summed E-state index contributed by atoms with van der Waals surface area (Å²) in [6, 6.07) is 5.43. The van der Waals surface area contributed by atoms with E-state index in [1.165, 1.54) is 0 Å². The van der Waals surface area contributed by atoms with Crippen LogP contribution in [0.4, 0.5) is 0 Å². The SMILES string of the molecule is Cc1ccc(C#CCN=[N+]=[N-])c(C=O)c1. The maximum absolute atomic E-state index is 10.7. The van der Waals surface area contributed by atoms with Gasteiger partial charge in [-0.2, -0.15) is 0 Å². The third-order valence-corrected chi connectivity index (χ3v) is 1.77. The number of aldehydes is 1. The number of nitrogens with zero attached hydrogens (tertiary/aromatic N) is 3. The van der Waals surface area contributed by atoms with Crippen LogP contribution in [0, 0.1) is 18.8 Å². The van der Waals surface area contributed by atoms with Gasteiger partial charge in [-0.1, -0.05) is 28.6 Å². The maximum Gasteiger partial charge on any atom is 0.151 e. The molecule has 4 nitrogen and oxygen atoms in total. The zero-order chi connectivity index (χ0) is 11.1. The molecule has 0 unspecified atom stereocenters. The van der Waals surface area contributed by atoms with Gasteiger partial charge >= 0.3 is 0 Å². The molecule has 0 amide bonds. The van der Waals surface area contributed by atoms with Gasteiger partial charge in [-0.25, -0.2) is 0 Å². The predicted molar refractivity (Wildman–Crippen MR) is 57.5 cm³/mol. The Morgan fingerprint density at radius 3 is 3.07 bits per heavy atom. The second kappa shape index (κ2) is 5.48. The monoisotopic (exact) mass is 199 g/mol. The van der Waals surface area contributed by atoms with Crippen LogP contribution in [0.25, 0.3) is 10.4 Å². The normalized spacial score (nSPS) is 8.33. The number of azide groups is 1. The van der Waals surface area contributed by atoms with Crippen molar-refractivity contribution in [3.05, 3.63) is 45.3 Å². The summed E-state index contributed by atoms with van der Waals surface area (Å²) in [7, 11) is 0. The van der Waals surface area contributed by atoms with Gasteiger partial charge in [0, 0.05) is 16.0 Å². The molecule has 15 heavy (non-hydrogen) atoms. The largest absolute Gasteiger partial charge is 0.298 e. The average molecular weight is 199 g/mol. The lowest BCUT2D eigenvalue weighted by molar-refractivity contribution is 0.112. The molecule has 74 valence electrons. The highest BCUT2D eigenvalue weighted by Crippen LogP contribution is 2.08. The van der Waals surface area contributed by atoms with Crippen molar-refractivity contribution < 1.29 is 4.79 Å². The Bertz CT molecular complexity index is 476. The van der Waals surface area contributed by atoms with E-state index in [9.17, 15) is 4.79 Å². The van der Waals surface area contributed by atoms with Gasteiger partial charge in [0.1, 0.15) is 0 Å². The van der Waals surface area contributed by atoms with Gasteiger partial charge in [0.2, 0.25) is 0 Å². The van der Waals surface area contributed by atoms with E-state index in [0.717, 1.165) is 11.8 Å². The van der Waals surface area contributed by atoms with Gasteiger partial charge in [-0.15, -0.1) is 0 Å². The molecule has 0 radical (unpaired) electrons. The molecule has 0 aliphatic rings. The third kappa shape index (κ3) is 3.18. The first-order chi connectivity index (χ1) is 7.27. The van der Waals surface area contributed by atoms with E-state index in [1.807, 2.05) is 13.0 Å². The molecular formula is C11H9N3O. The minimum Gasteiger partial charge on any atom is -0.298 e. The zero-order valence-electron chi connectivity index (χ0n) is 8.27. The van der Waals surface area contributed by atoms with E-state index in [-0.39, 0.29) is 6.54 Å². The first-order valence-electron chi connectivity index (χ1n) is 4.33. The van der Waals surface area contributed by atoms with Gasteiger partial charge in [-0.3, -0.25) is 4.79 Å². The van der Waals surface area contributed by atoms with Crippen molar-refractivity contribution in [1.29, 1.82) is 0 Å². The molecule has 1 aromatic carbocycles. The lowest BCUT2D eigenvalue weighted by Crippen LogP contribution is -1.88. The third-order valence-electron chi connectivity index (χ3n) is 1.77. The molecule has 0 atom stereocenters. The molecule has 0 aliphatic carbocycles. The second-order valence-corrected chi connectivity index (χ2v) is 2.90. The summed E-state index contributed by atoms with van der Waals surface area (Å²) in [5.74, 6) is 5.45. The van der Waals surface area contributed by atoms with E-state index in [2.05, 4.69) is 21.9 Å². The number of aryl methyl sites for hydroxylation is 1. The molecule has 0 saturated carbocycles. The summed E-state index contributed by atoms with van der Waals surface area (Å²) < 4.78 is 0. The summed E-state index contributed by atoms with van der Waals surface area (Å²) in [6.07, 6.45) is 0.768. The van der Waals surface area contributed by atoms with Crippen molar-refractivity contribution >= 4 is 6.29 Å².